The lowest BCUT2D eigenvalue weighted by Gasteiger charge is -2.27. The van der Waals surface area contributed by atoms with Crippen LogP contribution in [0.5, 0.6) is 0 Å². The summed E-state index contributed by atoms with van der Waals surface area (Å²) in [5.41, 5.74) is 0. The molecule has 0 radical (unpaired) electrons. The van der Waals surface area contributed by atoms with Gasteiger partial charge in [-0.3, -0.25) is 4.79 Å². The summed E-state index contributed by atoms with van der Waals surface area (Å²) in [7, 11) is 0. The molecule has 0 saturated carbocycles. The summed E-state index contributed by atoms with van der Waals surface area (Å²) < 4.78 is 0. The molecule has 0 unspecified atom stereocenters. The molecule has 17 heavy (non-hydrogen) atoms. The maximum atomic E-state index is 11.4. The average Bonchev–Trinajstić information content (AvgIpc) is 2.68. The lowest BCUT2D eigenvalue weighted by Crippen LogP contribution is -2.48. The van der Waals surface area contributed by atoms with E-state index in [1.165, 1.54) is 4.88 Å². The Labute approximate surface area is 102 Å². The number of fused-ring (bicyclic) bond motifs is 1. The third-order valence-corrected chi connectivity index (χ3v) is 3.73. The number of carbonyl (C=O) groups excluding carboxylic acids is 1. The fourth-order valence-electron chi connectivity index (χ4n) is 2.03. The smallest absolute Gasteiger partial charge is 0.239 e. The highest BCUT2D eigenvalue weighted by molar-refractivity contribution is 7.18. The Bertz CT molecular complexity index is 580. The normalized spacial score (nSPS) is 16.3. The molecule has 1 N–H and O–H groups in total. The highest BCUT2D eigenvalue weighted by Gasteiger charge is 2.20. The van der Waals surface area contributed by atoms with Gasteiger partial charge in [0.05, 0.1) is 11.9 Å². The van der Waals surface area contributed by atoms with Crippen molar-refractivity contribution >= 4 is 33.3 Å². The third-order valence-electron chi connectivity index (χ3n) is 2.77. The van der Waals surface area contributed by atoms with Gasteiger partial charge < -0.3 is 10.2 Å². The summed E-state index contributed by atoms with van der Waals surface area (Å²) in [4.78, 5) is 24.2. The predicted octanol–water partition coefficient (Wildman–Crippen LogP) is 0.936. The summed E-state index contributed by atoms with van der Waals surface area (Å²) in [5.74, 6) is 0.921. The Morgan fingerprint density at radius 1 is 1.47 bits per heavy atom. The van der Waals surface area contributed by atoms with Crippen LogP contribution in [0.1, 0.15) is 4.88 Å². The molecule has 88 valence electrons. The molecular weight excluding hydrogens is 236 g/mol. The number of hydrogen-bond acceptors (Lipinski definition) is 5. The minimum atomic E-state index is 0.0509. The lowest BCUT2D eigenvalue weighted by atomic mass is 10.3. The van der Waals surface area contributed by atoms with Gasteiger partial charge >= 0.3 is 0 Å². The van der Waals surface area contributed by atoms with E-state index in [9.17, 15) is 4.79 Å². The number of nitrogens with zero attached hydrogens (tertiary/aromatic N) is 3. The van der Waals surface area contributed by atoms with Crippen molar-refractivity contribution < 1.29 is 4.79 Å². The molecule has 0 bridgehead atoms. The van der Waals surface area contributed by atoms with Crippen molar-refractivity contribution in [2.75, 3.05) is 24.5 Å². The van der Waals surface area contributed by atoms with E-state index in [0.717, 1.165) is 22.6 Å². The zero-order valence-electron chi connectivity index (χ0n) is 9.43. The van der Waals surface area contributed by atoms with Crippen molar-refractivity contribution in [3.05, 3.63) is 17.3 Å². The van der Waals surface area contributed by atoms with Crippen molar-refractivity contribution in [2.45, 2.75) is 6.92 Å². The first-order chi connectivity index (χ1) is 8.24. The first kappa shape index (κ1) is 10.5. The van der Waals surface area contributed by atoms with Gasteiger partial charge in [0.15, 0.2) is 0 Å². The van der Waals surface area contributed by atoms with E-state index < -0.39 is 0 Å². The molecule has 0 aliphatic carbocycles. The topological polar surface area (TPSA) is 58.1 Å². The summed E-state index contributed by atoms with van der Waals surface area (Å²) in [5, 5.41) is 3.86. The summed E-state index contributed by atoms with van der Waals surface area (Å²) in [6.45, 7) is 3.90. The van der Waals surface area contributed by atoms with Crippen molar-refractivity contribution in [1.82, 2.24) is 15.3 Å². The molecule has 2 aromatic rings. The van der Waals surface area contributed by atoms with Crippen LogP contribution in [0.25, 0.3) is 10.2 Å². The largest absolute Gasteiger partial charge is 0.353 e. The van der Waals surface area contributed by atoms with Crippen LogP contribution in [-0.2, 0) is 4.79 Å². The van der Waals surface area contributed by atoms with Crippen LogP contribution in [0.15, 0.2) is 12.4 Å². The molecule has 1 aliphatic heterocycles. The van der Waals surface area contributed by atoms with Gasteiger partial charge in [0.2, 0.25) is 5.91 Å². The molecule has 1 fully saturated rings. The van der Waals surface area contributed by atoms with Gasteiger partial charge in [-0.15, -0.1) is 11.3 Å². The van der Waals surface area contributed by atoms with Crippen molar-refractivity contribution in [3.8, 4) is 0 Å². The van der Waals surface area contributed by atoms with Gasteiger partial charge in [-0.25, -0.2) is 9.97 Å². The van der Waals surface area contributed by atoms with Crippen LogP contribution in [0, 0.1) is 6.92 Å². The standard InChI is InChI=1S/C11H12N4OS/c1-7-4-8-10(13-6-14-11(8)17-7)15-3-2-12-9(16)5-15/h4,6H,2-3,5H2,1H3,(H,12,16). The van der Waals surface area contributed by atoms with Gasteiger partial charge in [-0.05, 0) is 13.0 Å². The van der Waals surface area contributed by atoms with Gasteiger partial charge in [0.25, 0.3) is 0 Å². The zero-order chi connectivity index (χ0) is 11.8. The van der Waals surface area contributed by atoms with Gasteiger partial charge in [0.1, 0.15) is 17.0 Å². The van der Waals surface area contributed by atoms with E-state index in [4.69, 9.17) is 0 Å². The maximum Gasteiger partial charge on any atom is 0.239 e. The maximum absolute atomic E-state index is 11.4. The Balaban J connectivity index is 2.06. The summed E-state index contributed by atoms with van der Waals surface area (Å²) in [6.07, 6.45) is 1.57. The van der Waals surface area contributed by atoms with Crippen LogP contribution in [-0.4, -0.2) is 35.5 Å². The minimum absolute atomic E-state index is 0.0509. The molecule has 3 heterocycles. The number of nitrogens with one attached hydrogen (secondary N) is 1. The predicted molar refractivity (Wildman–Crippen MR) is 67.4 cm³/mol. The van der Waals surface area contributed by atoms with Crippen LogP contribution < -0.4 is 10.2 Å². The van der Waals surface area contributed by atoms with Crippen molar-refractivity contribution in [3.63, 3.8) is 0 Å². The number of aryl methyl sites for hydroxylation is 1. The minimum Gasteiger partial charge on any atom is -0.353 e. The van der Waals surface area contributed by atoms with E-state index in [1.54, 1.807) is 17.7 Å². The van der Waals surface area contributed by atoms with Crippen molar-refractivity contribution in [1.29, 1.82) is 0 Å². The molecule has 1 saturated heterocycles. The SMILES string of the molecule is Cc1cc2c(N3CCNC(=O)C3)ncnc2s1. The number of carbonyl (C=O) groups is 1. The second kappa shape index (κ2) is 3.96. The number of thiophene rings is 1. The monoisotopic (exact) mass is 248 g/mol. The molecule has 6 heteroatoms. The number of amides is 1. The number of anilines is 1. The Hall–Kier alpha value is -1.69. The fraction of sp³-hybridized carbons (Fsp3) is 0.364. The molecule has 5 nitrogen and oxygen atoms in total. The number of piperazine rings is 1. The quantitative estimate of drug-likeness (QED) is 0.816. The van der Waals surface area contributed by atoms with Crippen molar-refractivity contribution in [2.24, 2.45) is 0 Å². The van der Waals surface area contributed by atoms with Crippen LogP contribution in [0.3, 0.4) is 0 Å². The average molecular weight is 248 g/mol. The second-order valence-corrected chi connectivity index (χ2v) is 5.28. The Morgan fingerprint density at radius 2 is 2.35 bits per heavy atom. The molecule has 0 aromatic carbocycles. The lowest BCUT2D eigenvalue weighted by molar-refractivity contribution is -0.120. The van der Waals surface area contributed by atoms with E-state index in [2.05, 4.69) is 28.3 Å². The molecule has 0 spiro atoms. The molecular formula is C11H12N4OS. The van der Waals surface area contributed by atoms with Crippen LogP contribution >= 0.6 is 11.3 Å². The number of rotatable bonds is 1. The fourth-order valence-corrected chi connectivity index (χ4v) is 2.88. The van der Waals surface area contributed by atoms with Crippen LogP contribution in [0.2, 0.25) is 0 Å². The third kappa shape index (κ3) is 1.84. The van der Waals surface area contributed by atoms with Gasteiger partial charge in [-0.1, -0.05) is 0 Å². The first-order valence-electron chi connectivity index (χ1n) is 5.47. The van der Waals surface area contributed by atoms with Gasteiger partial charge in [0, 0.05) is 18.0 Å². The van der Waals surface area contributed by atoms with E-state index in [1.807, 2.05) is 4.90 Å². The molecule has 0 atom stereocenters. The van der Waals surface area contributed by atoms with Gasteiger partial charge in [-0.2, -0.15) is 0 Å². The first-order valence-corrected chi connectivity index (χ1v) is 6.28. The molecule has 3 rings (SSSR count). The molecule has 1 aliphatic rings. The zero-order valence-corrected chi connectivity index (χ0v) is 10.3. The highest BCUT2D eigenvalue weighted by atomic mass is 32.1. The van der Waals surface area contributed by atoms with E-state index >= 15 is 0 Å². The summed E-state index contributed by atoms with van der Waals surface area (Å²) >= 11 is 1.65. The molecule has 2 aromatic heterocycles. The number of hydrogen-bond donors (Lipinski definition) is 1. The van der Waals surface area contributed by atoms with E-state index in [0.29, 0.717) is 13.1 Å². The molecule has 1 amide bonds. The van der Waals surface area contributed by atoms with Crippen LogP contribution in [0.4, 0.5) is 5.82 Å². The summed E-state index contributed by atoms with van der Waals surface area (Å²) in [6, 6.07) is 2.09. The highest BCUT2D eigenvalue weighted by Crippen LogP contribution is 2.29. The number of aromatic nitrogens is 2. The Morgan fingerprint density at radius 3 is 3.18 bits per heavy atom. The van der Waals surface area contributed by atoms with E-state index in [-0.39, 0.29) is 5.91 Å². The second-order valence-electron chi connectivity index (χ2n) is 4.04. The Kier molecular flexibility index (Phi) is 2.44.